The molecule has 0 unspecified atom stereocenters. The van der Waals surface area contributed by atoms with Crippen LogP contribution < -0.4 is 5.32 Å². The molecule has 0 aliphatic carbocycles. The van der Waals surface area contributed by atoms with E-state index in [1.807, 2.05) is 0 Å². The van der Waals surface area contributed by atoms with Gasteiger partial charge >= 0.3 is 6.18 Å². The molecule has 1 aliphatic rings. The van der Waals surface area contributed by atoms with E-state index in [4.69, 9.17) is 0 Å². The summed E-state index contributed by atoms with van der Waals surface area (Å²) < 4.78 is 81.7. The molecule has 0 bridgehead atoms. The van der Waals surface area contributed by atoms with Gasteiger partial charge in [0.2, 0.25) is 10.0 Å². The van der Waals surface area contributed by atoms with E-state index in [1.54, 1.807) is 36.4 Å². The highest BCUT2D eigenvalue weighted by atomic mass is 32.2. The Morgan fingerprint density at radius 2 is 1.73 bits per heavy atom. The molecule has 0 saturated heterocycles. The van der Waals surface area contributed by atoms with Crippen LogP contribution in [-0.2, 0) is 29.2 Å². The number of aromatic nitrogens is 3. The van der Waals surface area contributed by atoms with E-state index in [2.05, 4.69) is 20.3 Å². The Kier molecular flexibility index (Phi) is 7.10. The number of halogens is 4. The van der Waals surface area contributed by atoms with Crippen molar-refractivity contribution in [3.8, 4) is 22.6 Å². The number of nitrogens with zero attached hydrogens (tertiary/aromatic N) is 4. The number of carbonyl (C=O) groups excluding carboxylic acids is 1. The van der Waals surface area contributed by atoms with Crippen molar-refractivity contribution in [2.45, 2.75) is 19.1 Å². The molecule has 1 N–H and O–H groups in total. The van der Waals surface area contributed by atoms with E-state index in [0.717, 1.165) is 12.3 Å². The van der Waals surface area contributed by atoms with Crippen LogP contribution in [0.25, 0.3) is 22.6 Å². The molecule has 0 fully saturated rings. The number of benzene rings is 2. The smallest absolute Gasteiger partial charge is 0.320 e. The number of nitrogens with one attached hydrogen (secondary N) is 1. The Balaban J connectivity index is 1.59. The highest BCUT2D eigenvalue weighted by Gasteiger charge is 2.36. The molecule has 13 heteroatoms. The molecule has 0 spiro atoms. The van der Waals surface area contributed by atoms with Crippen LogP contribution >= 0.6 is 0 Å². The minimum absolute atomic E-state index is 0.0171. The number of amides is 1. The molecule has 0 atom stereocenters. The van der Waals surface area contributed by atoms with Crippen LogP contribution in [-0.4, -0.2) is 46.4 Å². The summed E-state index contributed by atoms with van der Waals surface area (Å²) in [5, 5.41) is 2.58. The fraction of sp³-hybridized carbons (Fsp3) is 0.185. The van der Waals surface area contributed by atoms with Crippen molar-refractivity contribution < 1.29 is 30.8 Å². The average molecular weight is 572 g/mol. The zero-order valence-corrected chi connectivity index (χ0v) is 21.7. The van der Waals surface area contributed by atoms with Crippen LogP contribution in [0.4, 0.5) is 23.2 Å². The van der Waals surface area contributed by atoms with Crippen LogP contribution in [0, 0.1) is 5.82 Å². The van der Waals surface area contributed by atoms with E-state index >= 15 is 4.39 Å². The van der Waals surface area contributed by atoms with Gasteiger partial charge in [-0.1, -0.05) is 30.3 Å². The summed E-state index contributed by atoms with van der Waals surface area (Å²) in [6.45, 7) is 0.253. The maximum absolute atomic E-state index is 15.0. The summed E-state index contributed by atoms with van der Waals surface area (Å²) in [7, 11) is -3.50. The van der Waals surface area contributed by atoms with Crippen molar-refractivity contribution >= 4 is 21.6 Å². The second kappa shape index (κ2) is 10.4. The number of carbonyl (C=O) groups is 1. The minimum atomic E-state index is -4.93. The lowest BCUT2D eigenvalue weighted by atomic mass is 10.00. The lowest BCUT2D eigenvalue weighted by molar-refractivity contribution is -0.137. The van der Waals surface area contributed by atoms with E-state index < -0.39 is 44.6 Å². The number of hydrogen-bond donors (Lipinski definition) is 1. The minimum Gasteiger partial charge on any atom is -0.320 e. The lowest BCUT2D eigenvalue weighted by Gasteiger charge is -2.27. The maximum atomic E-state index is 15.0. The monoisotopic (exact) mass is 571 g/mol. The number of sulfonamides is 1. The van der Waals surface area contributed by atoms with Crippen LogP contribution in [0.1, 0.15) is 27.2 Å². The molecule has 206 valence electrons. The highest BCUT2D eigenvalue weighted by Crippen LogP contribution is 2.38. The average Bonchev–Trinajstić information content (AvgIpc) is 2.92. The van der Waals surface area contributed by atoms with Crippen molar-refractivity contribution in [3.05, 3.63) is 95.2 Å². The van der Waals surface area contributed by atoms with Gasteiger partial charge in [0.05, 0.1) is 28.8 Å². The van der Waals surface area contributed by atoms with Gasteiger partial charge in [-0.3, -0.25) is 9.78 Å². The van der Waals surface area contributed by atoms with Gasteiger partial charge in [-0.05, 0) is 29.8 Å². The van der Waals surface area contributed by atoms with Crippen molar-refractivity contribution in [1.82, 2.24) is 19.3 Å². The Labute approximate surface area is 226 Å². The molecule has 0 radical (unpaired) electrons. The molecule has 5 rings (SSSR count). The number of anilines is 1. The molecular weight excluding hydrogens is 550 g/mol. The number of rotatable bonds is 5. The molecule has 1 amide bonds. The molecule has 2 aromatic carbocycles. The number of fused-ring (bicyclic) bond motifs is 1. The van der Waals surface area contributed by atoms with Crippen molar-refractivity contribution in [1.29, 1.82) is 0 Å². The standard InChI is InChI=1S/C27H21F4N5O3S/c1-40(38,39)36-11-8-22-17(15-36)12-23(24(34-22)16-6-3-2-4-7-16)35-26(37)19-13-18(25-32-9-5-10-33-25)20(14-21(19)28)27(29,30)31/h2-7,9-10,12-14H,8,11,15H2,1H3,(H,35,37). The normalized spacial score (nSPS) is 14.0. The second-order valence-electron chi connectivity index (χ2n) is 9.10. The fourth-order valence-corrected chi connectivity index (χ4v) is 5.23. The first kappa shape index (κ1) is 27.3. The molecule has 4 aromatic rings. The molecule has 0 saturated carbocycles. The largest absolute Gasteiger partial charge is 0.417 e. The van der Waals surface area contributed by atoms with Gasteiger partial charge in [-0.25, -0.2) is 22.8 Å². The predicted molar refractivity (Wildman–Crippen MR) is 139 cm³/mol. The van der Waals surface area contributed by atoms with Gasteiger partial charge < -0.3 is 5.32 Å². The van der Waals surface area contributed by atoms with Gasteiger partial charge in [-0.15, -0.1) is 0 Å². The first-order valence-electron chi connectivity index (χ1n) is 11.9. The Hall–Kier alpha value is -4.23. The van der Waals surface area contributed by atoms with Crippen molar-refractivity contribution in [2.24, 2.45) is 0 Å². The fourth-order valence-electron chi connectivity index (χ4n) is 4.43. The van der Waals surface area contributed by atoms with Gasteiger partial charge in [-0.2, -0.15) is 17.5 Å². The zero-order chi connectivity index (χ0) is 28.7. The van der Waals surface area contributed by atoms with E-state index in [0.29, 0.717) is 28.9 Å². The summed E-state index contributed by atoms with van der Waals surface area (Å²) in [6.07, 6.45) is -1.04. The SMILES string of the molecule is CS(=O)(=O)N1CCc2nc(-c3ccccc3)c(NC(=O)c3cc(-c4ncccn4)c(C(F)(F)F)cc3F)cc2C1. The number of hydrogen-bond acceptors (Lipinski definition) is 6. The third-order valence-electron chi connectivity index (χ3n) is 6.36. The van der Waals surface area contributed by atoms with Gasteiger partial charge in [0.25, 0.3) is 5.91 Å². The third kappa shape index (κ3) is 5.56. The van der Waals surface area contributed by atoms with Crippen LogP contribution in [0.5, 0.6) is 0 Å². The van der Waals surface area contributed by atoms with E-state index in [1.165, 1.54) is 22.8 Å². The summed E-state index contributed by atoms with van der Waals surface area (Å²) in [4.78, 5) is 25.7. The number of pyridine rings is 1. The predicted octanol–water partition coefficient (Wildman–Crippen LogP) is 4.93. The zero-order valence-electron chi connectivity index (χ0n) is 20.9. The first-order valence-corrected chi connectivity index (χ1v) is 13.8. The van der Waals surface area contributed by atoms with Gasteiger partial charge in [0, 0.05) is 48.7 Å². The van der Waals surface area contributed by atoms with Crippen molar-refractivity contribution in [2.75, 3.05) is 18.1 Å². The quantitative estimate of drug-likeness (QED) is 0.341. The number of alkyl halides is 3. The Morgan fingerprint density at radius 3 is 2.38 bits per heavy atom. The summed E-state index contributed by atoms with van der Waals surface area (Å²) in [5.74, 6) is -2.75. The van der Waals surface area contributed by atoms with E-state index in [-0.39, 0.29) is 30.7 Å². The topological polar surface area (TPSA) is 105 Å². The first-order chi connectivity index (χ1) is 18.9. The molecule has 8 nitrogen and oxygen atoms in total. The third-order valence-corrected chi connectivity index (χ3v) is 7.61. The molecule has 40 heavy (non-hydrogen) atoms. The maximum Gasteiger partial charge on any atom is 0.417 e. The summed E-state index contributed by atoms with van der Waals surface area (Å²) in [5.41, 5.74) is -0.257. The van der Waals surface area contributed by atoms with E-state index in [9.17, 15) is 26.4 Å². The van der Waals surface area contributed by atoms with Gasteiger partial charge in [0.15, 0.2) is 5.82 Å². The van der Waals surface area contributed by atoms with Crippen LogP contribution in [0.15, 0.2) is 67.0 Å². The van der Waals surface area contributed by atoms with Crippen molar-refractivity contribution in [3.63, 3.8) is 0 Å². The summed E-state index contributed by atoms with van der Waals surface area (Å²) >= 11 is 0. The summed E-state index contributed by atoms with van der Waals surface area (Å²) in [6, 6.07) is 12.8. The molecule has 3 heterocycles. The van der Waals surface area contributed by atoms with Gasteiger partial charge in [0.1, 0.15) is 5.82 Å². The molecule has 1 aliphatic heterocycles. The second-order valence-corrected chi connectivity index (χ2v) is 11.1. The molecular formula is C27H21F4N5O3S. The van der Waals surface area contributed by atoms with Crippen LogP contribution in [0.2, 0.25) is 0 Å². The Bertz CT molecular complexity index is 1700. The Morgan fingerprint density at radius 1 is 1.02 bits per heavy atom. The lowest BCUT2D eigenvalue weighted by Crippen LogP contribution is -2.35. The van der Waals surface area contributed by atoms with Crippen LogP contribution in [0.3, 0.4) is 0 Å². The highest BCUT2D eigenvalue weighted by molar-refractivity contribution is 7.88. The molecule has 2 aromatic heterocycles.